The van der Waals surface area contributed by atoms with Crippen LogP contribution in [0.1, 0.15) is 19.3 Å². The monoisotopic (exact) mass is 236 g/mol. The van der Waals surface area contributed by atoms with Crippen LogP contribution < -0.4 is 15.4 Å². The van der Waals surface area contributed by atoms with Crippen LogP contribution in [0.2, 0.25) is 0 Å². The number of benzene rings is 1. The lowest BCUT2D eigenvalue weighted by atomic mass is 9.91. The zero-order chi connectivity index (χ0) is 12.3. The summed E-state index contributed by atoms with van der Waals surface area (Å²) in [5.74, 6) is 0.802. The highest BCUT2D eigenvalue weighted by molar-refractivity contribution is 5.70. The summed E-state index contributed by atoms with van der Waals surface area (Å²) in [4.78, 5) is 2.20. The number of nitrogens with zero attached hydrogens (tertiary/aromatic N) is 1. The van der Waals surface area contributed by atoms with E-state index in [1.54, 1.807) is 7.11 Å². The molecule has 2 rings (SSSR count). The van der Waals surface area contributed by atoms with E-state index in [1.807, 2.05) is 18.2 Å². The zero-order valence-electron chi connectivity index (χ0n) is 10.2. The molecule has 0 aromatic heterocycles. The van der Waals surface area contributed by atoms with Crippen molar-refractivity contribution in [3.8, 4) is 5.75 Å². The van der Waals surface area contributed by atoms with Crippen LogP contribution in [-0.2, 0) is 0 Å². The Morgan fingerprint density at radius 2 is 2.24 bits per heavy atom. The number of nitrogens with two attached hydrogens (primary N) is 1. The molecule has 0 aliphatic heterocycles. The van der Waals surface area contributed by atoms with Crippen LogP contribution in [0, 0.1) is 0 Å². The topological polar surface area (TPSA) is 58.7 Å². The maximum absolute atomic E-state index is 9.17. The van der Waals surface area contributed by atoms with E-state index in [1.165, 1.54) is 19.3 Å². The Morgan fingerprint density at radius 1 is 1.47 bits per heavy atom. The summed E-state index contributed by atoms with van der Waals surface area (Å²) >= 11 is 0. The molecule has 0 unspecified atom stereocenters. The van der Waals surface area contributed by atoms with Gasteiger partial charge in [0.1, 0.15) is 5.75 Å². The number of hydrogen-bond acceptors (Lipinski definition) is 4. The van der Waals surface area contributed by atoms with E-state index in [9.17, 15) is 5.11 Å². The fraction of sp³-hybridized carbons (Fsp3) is 0.538. The summed E-state index contributed by atoms with van der Waals surface area (Å²) in [6.45, 7) is 0.773. The normalized spacial score (nSPS) is 15.4. The molecule has 1 aromatic rings. The van der Waals surface area contributed by atoms with Gasteiger partial charge in [-0.25, -0.2) is 0 Å². The summed E-state index contributed by atoms with van der Waals surface area (Å²) < 4.78 is 5.22. The molecule has 1 saturated carbocycles. The van der Waals surface area contributed by atoms with Crippen LogP contribution in [0.25, 0.3) is 0 Å². The molecule has 4 nitrogen and oxygen atoms in total. The SMILES string of the molecule is COc1ccc(N)c(N(CCO)C2CCC2)c1. The van der Waals surface area contributed by atoms with Gasteiger partial charge in [0, 0.05) is 18.7 Å². The first kappa shape index (κ1) is 12.0. The van der Waals surface area contributed by atoms with Crippen LogP contribution in [0.15, 0.2) is 18.2 Å². The lowest BCUT2D eigenvalue weighted by Crippen LogP contribution is -2.42. The smallest absolute Gasteiger partial charge is 0.121 e. The van der Waals surface area contributed by atoms with Gasteiger partial charge in [0.05, 0.1) is 25.1 Å². The van der Waals surface area contributed by atoms with Crippen molar-refractivity contribution in [3.05, 3.63) is 18.2 Å². The lowest BCUT2D eigenvalue weighted by Gasteiger charge is -2.39. The lowest BCUT2D eigenvalue weighted by molar-refractivity contribution is 0.283. The largest absolute Gasteiger partial charge is 0.497 e. The molecule has 0 atom stereocenters. The van der Waals surface area contributed by atoms with Crippen LogP contribution in [0.4, 0.5) is 11.4 Å². The fourth-order valence-electron chi connectivity index (χ4n) is 2.21. The highest BCUT2D eigenvalue weighted by Gasteiger charge is 2.26. The van der Waals surface area contributed by atoms with Crippen molar-refractivity contribution >= 4 is 11.4 Å². The number of nitrogen functional groups attached to an aromatic ring is 1. The van der Waals surface area contributed by atoms with Crippen molar-refractivity contribution in [1.82, 2.24) is 0 Å². The van der Waals surface area contributed by atoms with Gasteiger partial charge in [0.2, 0.25) is 0 Å². The first-order valence-corrected chi connectivity index (χ1v) is 6.07. The maximum Gasteiger partial charge on any atom is 0.121 e. The quantitative estimate of drug-likeness (QED) is 0.763. The molecule has 0 bridgehead atoms. The number of ether oxygens (including phenoxy) is 1. The molecule has 1 fully saturated rings. The Hall–Kier alpha value is -1.42. The Morgan fingerprint density at radius 3 is 2.76 bits per heavy atom. The average molecular weight is 236 g/mol. The molecule has 4 heteroatoms. The summed E-state index contributed by atoms with van der Waals surface area (Å²) in [6, 6.07) is 6.17. The minimum absolute atomic E-state index is 0.146. The third-order valence-electron chi connectivity index (χ3n) is 3.40. The number of aliphatic hydroxyl groups excluding tert-OH is 1. The van der Waals surface area contributed by atoms with Gasteiger partial charge >= 0.3 is 0 Å². The second kappa shape index (κ2) is 5.27. The molecule has 1 aromatic carbocycles. The van der Waals surface area contributed by atoms with Crippen molar-refractivity contribution in [2.45, 2.75) is 25.3 Å². The van der Waals surface area contributed by atoms with Gasteiger partial charge in [0.25, 0.3) is 0 Å². The molecular weight excluding hydrogens is 216 g/mol. The van der Waals surface area contributed by atoms with Gasteiger partial charge in [-0.2, -0.15) is 0 Å². The van der Waals surface area contributed by atoms with Crippen LogP contribution >= 0.6 is 0 Å². The van der Waals surface area contributed by atoms with Crippen molar-refractivity contribution in [3.63, 3.8) is 0 Å². The second-order valence-electron chi connectivity index (χ2n) is 4.43. The van der Waals surface area contributed by atoms with E-state index in [2.05, 4.69) is 4.90 Å². The highest BCUT2D eigenvalue weighted by Crippen LogP contribution is 2.34. The highest BCUT2D eigenvalue weighted by atomic mass is 16.5. The average Bonchev–Trinajstić information content (AvgIpc) is 2.27. The summed E-state index contributed by atoms with van der Waals surface area (Å²) in [5, 5.41) is 9.17. The van der Waals surface area contributed by atoms with Crippen molar-refractivity contribution in [1.29, 1.82) is 0 Å². The van der Waals surface area contributed by atoms with Crippen LogP contribution in [0.3, 0.4) is 0 Å². The predicted octanol–water partition coefficient (Wildman–Crippen LogP) is 1.63. The Bertz CT molecular complexity index is 378. The molecular formula is C13H20N2O2. The number of anilines is 2. The minimum atomic E-state index is 0.146. The summed E-state index contributed by atoms with van der Waals surface area (Å²) in [7, 11) is 1.65. The third-order valence-corrected chi connectivity index (χ3v) is 3.40. The Balaban J connectivity index is 2.26. The molecule has 17 heavy (non-hydrogen) atoms. The molecule has 0 amide bonds. The van der Waals surface area contributed by atoms with Crippen LogP contribution in [0.5, 0.6) is 5.75 Å². The van der Waals surface area contributed by atoms with E-state index >= 15 is 0 Å². The van der Waals surface area contributed by atoms with E-state index < -0.39 is 0 Å². The van der Waals surface area contributed by atoms with Crippen LogP contribution in [-0.4, -0.2) is 31.4 Å². The molecule has 1 aliphatic carbocycles. The fourth-order valence-corrected chi connectivity index (χ4v) is 2.21. The van der Waals surface area contributed by atoms with E-state index in [0.717, 1.165) is 17.1 Å². The number of aliphatic hydroxyl groups is 1. The molecule has 0 spiro atoms. The van der Waals surface area contributed by atoms with Gasteiger partial charge in [0.15, 0.2) is 0 Å². The van der Waals surface area contributed by atoms with Crippen molar-refractivity contribution in [2.75, 3.05) is 30.9 Å². The minimum Gasteiger partial charge on any atom is -0.497 e. The van der Waals surface area contributed by atoms with E-state index in [0.29, 0.717) is 12.6 Å². The van der Waals surface area contributed by atoms with Gasteiger partial charge in [-0.05, 0) is 31.4 Å². The Labute approximate surface area is 102 Å². The zero-order valence-corrected chi connectivity index (χ0v) is 10.2. The van der Waals surface area contributed by atoms with E-state index in [4.69, 9.17) is 10.5 Å². The van der Waals surface area contributed by atoms with Crippen molar-refractivity contribution < 1.29 is 9.84 Å². The molecule has 1 aliphatic rings. The second-order valence-corrected chi connectivity index (χ2v) is 4.43. The predicted molar refractivity (Wildman–Crippen MR) is 69.5 cm³/mol. The van der Waals surface area contributed by atoms with Gasteiger partial charge < -0.3 is 20.5 Å². The molecule has 0 saturated heterocycles. The van der Waals surface area contributed by atoms with Gasteiger partial charge in [-0.3, -0.25) is 0 Å². The first-order valence-electron chi connectivity index (χ1n) is 6.07. The maximum atomic E-state index is 9.17. The first-order chi connectivity index (χ1) is 8.26. The molecule has 0 heterocycles. The number of hydrogen-bond donors (Lipinski definition) is 2. The Kier molecular flexibility index (Phi) is 3.74. The van der Waals surface area contributed by atoms with Crippen molar-refractivity contribution in [2.24, 2.45) is 0 Å². The number of rotatable bonds is 5. The van der Waals surface area contributed by atoms with Gasteiger partial charge in [-0.1, -0.05) is 0 Å². The number of methoxy groups -OCH3 is 1. The summed E-state index contributed by atoms with van der Waals surface area (Å²) in [5.41, 5.74) is 7.73. The summed E-state index contributed by atoms with van der Waals surface area (Å²) in [6.07, 6.45) is 3.61. The van der Waals surface area contributed by atoms with E-state index in [-0.39, 0.29) is 6.61 Å². The molecule has 3 N–H and O–H groups in total. The molecule has 94 valence electrons. The third kappa shape index (κ3) is 2.47. The molecule has 0 radical (unpaired) electrons. The van der Waals surface area contributed by atoms with Gasteiger partial charge in [-0.15, -0.1) is 0 Å². The standard InChI is InChI=1S/C13H20N2O2/c1-17-11-5-6-12(14)13(9-11)15(7-8-16)10-3-2-4-10/h5-6,9-10,16H,2-4,7-8,14H2,1H3.